The van der Waals surface area contributed by atoms with Crippen molar-refractivity contribution in [2.24, 2.45) is 40.9 Å². The number of rotatable bonds is 52. The van der Waals surface area contributed by atoms with Crippen LogP contribution in [0.5, 0.6) is 17.2 Å². The summed E-state index contributed by atoms with van der Waals surface area (Å²) in [5, 5.41) is 78.2. The molecule has 6 aliphatic rings. The fourth-order valence-corrected chi connectivity index (χ4v) is 20.8. The zero-order valence-electron chi connectivity index (χ0n) is 79.8. The molecule has 0 spiro atoms. The van der Waals surface area contributed by atoms with Crippen molar-refractivity contribution < 1.29 is 150 Å². The van der Waals surface area contributed by atoms with Crippen molar-refractivity contribution in [3.63, 3.8) is 0 Å². The van der Waals surface area contributed by atoms with Crippen LogP contribution in [0.25, 0.3) is 0 Å². The molecular weight excluding hydrogens is 1970 g/mol. The van der Waals surface area contributed by atoms with Crippen molar-refractivity contribution in [3.05, 3.63) is 79.5 Å². The number of carbonyl (C=O) groups excluding carboxylic acids is 11. The highest BCUT2D eigenvalue weighted by atomic mass is 127. The molecule has 6 amide bonds. The number of primary amides is 1. The Labute approximate surface area is 828 Å². The van der Waals surface area contributed by atoms with Gasteiger partial charge in [0, 0.05) is 118 Å². The minimum atomic E-state index is -2.28. The van der Waals surface area contributed by atoms with E-state index in [0.29, 0.717) is 52.6 Å². The van der Waals surface area contributed by atoms with Gasteiger partial charge in [-0.2, -0.15) is 5.48 Å². The number of methoxy groups -OCH3 is 4. The first kappa shape index (κ1) is 115. The lowest BCUT2D eigenvalue weighted by Crippen LogP contribution is -2.65. The number of urea groups is 1. The number of aliphatic carboxylic acids is 1. The Morgan fingerprint density at radius 2 is 1.43 bits per heavy atom. The second-order valence-electron chi connectivity index (χ2n) is 34.8. The van der Waals surface area contributed by atoms with Crippen LogP contribution in [0.2, 0.25) is 0 Å². The summed E-state index contributed by atoms with van der Waals surface area (Å²) < 4.78 is 74.8. The van der Waals surface area contributed by atoms with E-state index in [9.17, 15) is 88.2 Å². The smallest absolute Gasteiger partial charge is 0.410 e. The number of amides is 6. The van der Waals surface area contributed by atoms with Gasteiger partial charge in [0.2, 0.25) is 34.9 Å². The van der Waals surface area contributed by atoms with Crippen LogP contribution in [-0.2, 0) is 97.2 Å². The molecule has 0 saturated carbocycles. The fourth-order valence-electron chi connectivity index (χ4n) is 16.9. The maximum atomic E-state index is 14.7. The van der Waals surface area contributed by atoms with Crippen LogP contribution >= 0.6 is 55.9 Å². The van der Waals surface area contributed by atoms with Crippen LogP contribution < -0.4 is 58.2 Å². The molecule has 40 nitrogen and oxygen atoms in total. The number of fused-ring (bicyclic) bond motifs is 2. The number of thioether (sulfide) groups is 1. The molecule has 138 heavy (non-hydrogen) atoms. The summed E-state index contributed by atoms with van der Waals surface area (Å²) in [6, 6.07) is 2.47. The van der Waals surface area contributed by atoms with E-state index in [2.05, 4.69) is 50.4 Å². The Balaban J connectivity index is 1.03. The number of hydroxylamine groups is 1. The van der Waals surface area contributed by atoms with E-state index < -0.39 is 223 Å². The topological polar surface area (TPSA) is 588 Å². The van der Waals surface area contributed by atoms with Crippen molar-refractivity contribution in [3.8, 4) is 40.9 Å². The number of hydrogen-bond acceptors (Lipinski definition) is 36. The zero-order valence-corrected chi connectivity index (χ0v) is 84.4. The quantitative estimate of drug-likeness (QED) is 0.0137. The Bertz CT molecular complexity index is 4790. The number of carboxylic acid groups (broad SMARTS) is 1. The van der Waals surface area contributed by atoms with Crippen LogP contribution in [0.3, 0.4) is 0 Å². The number of carbonyl (C=O) groups is 12. The zero-order chi connectivity index (χ0) is 102. The number of anilines is 1. The van der Waals surface area contributed by atoms with Gasteiger partial charge in [-0.1, -0.05) is 95.5 Å². The van der Waals surface area contributed by atoms with Crippen LogP contribution in [0.1, 0.15) is 167 Å². The Morgan fingerprint density at radius 1 is 0.746 bits per heavy atom. The maximum Gasteiger partial charge on any atom is 0.410 e. The van der Waals surface area contributed by atoms with Crippen LogP contribution in [0, 0.1) is 57.8 Å². The average molecular weight is 2110 g/mol. The van der Waals surface area contributed by atoms with Gasteiger partial charge in [-0.3, -0.25) is 48.0 Å². The number of allylic oxidation sites excluding steroid dienone is 3. The molecule has 2 aromatic rings. The van der Waals surface area contributed by atoms with E-state index in [4.69, 9.17) is 78.9 Å². The molecule has 4 aliphatic heterocycles. The standard InChI is InChI=1S/C94H132IN9O31S3/c1-14-104(93(121)128-45-55-27-29-59(30-28-55)101-87(117)57(24-22-35-99-92(98)120)40-64(108)75(48(2)3)102-88(118)56(37-49(4)105)23-18-20-33-96)63-46-127-70(42-68(63)123-10)133-83-78(114)76(103-135-71-41-65(109)85(54(9)129-71)138-89(119)72-51(6)74(95)81(84(126-13)80(72)124-11)134-90-79(115)82(125-12)77(113)53(8)131-90)52(7)130-91(83)132-67-26-17-15-16-19-32-94(122)43-66(110)61(38-50(5)106)73(67)62(94)31-36-136-137-47-58(39-60(107)25-21-34-97)86(116)100-44-69(111)112/h15-16,27-31,48,52-54,56-58,63,65,67-68,70-71,75-79,82-83,85,90-91,103,109,113-115,122H,14,18,20-25,33-47,96-97H2,1-13H3,(H,100,116)(H,101,117)(H,102,118)(H,111,112)(H3,98,99,120)/b16-15-,62-31+/t52-,53+,54-,56-,57-,58+,63+,65+,67+,68+,70+,71+,75+,76-,77+,78+,79-,82-,83-,85-,90+,91+,94+/m1/s1. The number of aliphatic hydroxyl groups is 5. The summed E-state index contributed by atoms with van der Waals surface area (Å²) in [5.41, 5.74) is 18.3. The monoisotopic (exact) mass is 2110 g/mol. The summed E-state index contributed by atoms with van der Waals surface area (Å²) in [4.78, 5) is 168. The maximum absolute atomic E-state index is 14.7. The number of halogens is 1. The van der Waals surface area contributed by atoms with Gasteiger partial charge >= 0.3 is 18.1 Å². The number of hydrogen-bond donors (Lipinski definition) is 14. The molecule has 2 aromatic carbocycles. The normalized spacial score (nSPS) is 27.1. The number of unbranched alkanes of at least 4 members (excludes halogenated alkanes) is 1. The van der Waals surface area contributed by atoms with Gasteiger partial charge in [-0.15, -0.1) is 0 Å². The van der Waals surface area contributed by atoms with E-state index >= 15 is 0 Å². The molecule has 764 valence electrons. The SMILES string of the molecule is CCN(C(=O)OCc1ccc(NC(=O)[C@H](CCCNC(N)=O)CC(=O)[C@@H](NC(=O)[C@H](CCCCN)CC(C)=O)C(C)C)cc1)[C@H]1CO[C@@H](O[C@H]2[C@H](O[C@H]3C#C/C=C\C#C[C@]4(O)CC(=O)C(CC(C)=O)=C3/C4=C\CSSC[C@H](CC(=O)CCCN)C(=O)NCC(=O)O)O[C@H](C)[C@@H](NO[C@H]3C[C@H](O)[C@H](SC(=O)c4c(C)c(I)c(O[C@@H]5O[C@@H](C)[C@H](O)[C@@H](OC)[C@H]5O)c(OC)c4OC)[C@@H](C)O3)[C@@H]2O)C[C@@H]1OC. The van der Waals surface area contributed by atoms with Gasteiger partial charge in [-0.05, 0) is 158 Å². The molecule has 2 bridgehead atoms. The number of benzene rings is 2. The molecule has 17 N–H and O–H groups in total. The molecule has 0 unspecified atom stereocenters. The Morgan fingerprint density at radius 3 is 2.07 bits per heavy atom. The van der Waals surface area contributed by atoms with Crippen molar-refractivity contribution in [1.82, 2.24) is 26.3 Å². The van der Waals surface area contributed by atoms with Crippen molar-refractivity contribution in [2.45, 2.75) is 280 Å². The number of carboxylic acids is 1. The Kier molecular flexibility index (Phi) is 46.6. The number of ketones is 5. The summed E-state index contributed by atoms with van der Waals surface area (Å²) in [6.07, 6.45) is -15.7. The highest BCUT2D eigenvalue weighted by molar-refractivity contribution is 14.1. The number of aliphatic hydroxyl groups excluding tert-OH is 4. The molecule has 23 atom stereocenters. The second-order valence-corrected chi connectivity index (χ2v) is 39.6. The molecule has 0 aromatic heterocycles. The minimum absolute atomic E-state index is 0.000765. The third kappa shape index (κ3) is 32.1. The van der Waals surface area contributed by atoms with E-state index in [1.54, 1.807) is 78.8 Å². The first-order valence-corrected chi connectivity index (χ1v) is 50.2. The molecule has 0 radical (unpaired) electrons. The highest BCUT2D eigenvalue weighted by Crippen LogP contribution is 2.50. The lowest BCUT2D eigenvalue weighted by molar-refractivity contribution is -0.337. The molecule has 4 saturated heterocycles. The molecule has 8 rings (SSSR count). The largest absolute Gasteiger partial charge is 0.492 e. The lowest BCUT2D eigenvalue weighted by atomic mass is 9.72. The van der Waals surface area contributed by atoms with Crippen LogP contribution in [0.4, 0.5) is 15.3 Å². The number of ether oxygens (including phenoxy) is 12. The third-order valence-corrected chi connectivity index (χ3v) is 29.2. The second kappa shape index (κ2) is 56.0. The number of nitrogens with one attached hydrogen (secondary N) is 5. The van der Waals surface area contributed by atoms with Gasteiger partial charge in [-0.25, -0.2) is 9.59 Å². The van der Waals surface area contributed by atoms with E-state index in [1.807, 2.05) is 22.6 Å². The van der Waals surface area contributed by atoms with Gasteiger partial charge in [0.15, 0.2) is 47.5 Å². The molecule has 2 aliphatic carbocycles. The van der Waals surface area contributed by atoms with Crippen molar-refractivity contribution in [1.29, 1.82) is 0 Å². The van der Waals surface area contributed by atoms with Crippen LogP contribution in [-0.4, -0.2) is 306 Å². The number of Topliss-reactive ketones (excluding diaryl/α,β-unsaturated/α-hetero) is 5. The first-order chi connectivity index (χ1) is 65.7. The molecular formula is C94H132IN9O31S3. The minimum Gasteiger partial charge on any atom is -0.492 e. The summed E-state index contributed by atoms with van der Waals surface area (Å²) >= 11 is 2.72. The predicted molar refractivity (Wildman–Crippen MR) is 515 cm³/mol. The van der Waals surface area contributed by atoms with Gasteiger partial charge in [0.05, 0.1) is 96.2 Å². The third-order valence-electron chi connectivity index (χ3n) is 24.2. The number of likely N-dealkylation sites (N-methyl/N-ethyl adjacent to an activating group) is 1. The molecule has 4 fully saturated rings. The van der Waals surface area contributed by atoms with Crippen molar-refractivity contribution in [2.75, 3.05) is 84.6 Å². The predicted octanol–water partition coefficient (Wildman–Crippen LogP) is 4.98. The first-order valence-electron chi connectivity index (χ1n) is 45.8. The lowest BCUT2D eigenvalue weighted by Gasteiger charge is -2.47. The van der Waals surface area contributed by atoms with Crippen LogP contribution in [0.15, 0.2) is 59.2 Å². The number of nitrogens with zero attached hydrogens (tertiary/aromatic N) is 1. The molecule has 4 heterocycles. The Hall–Kier alpha value is -8.28. The summed E-state index contributed by atoms with van der Waals surface area (Å²) in [5.74, 6) is 3.53. The number of nitrogens with two attached hydrogens (primary N) is 3. The summed E-state index contributed by atoms with van der Waals surface area (Å²) in [6.45, 7) is 13.9. The van der Waals surface area contributed by atoms with Gasteiger partial charge < -0.3 is 136 Å². The van der Waals surface area contributed by atoms with E-state index in [0.717, 1.165) is 22.6 Å². The fraction of sp³-hybridized carbons (Fsp3) is 0.638. The van der Waals surface area contributed by atoms with E-state index in [1.165, 1.54) is 70.1 Å². The highest BCUT2D eigenvalue weighted by Gasteiger charge is 2.53. The van der Waals surface area contributed by atoms with Gasteiger partial charge in [0.25, 0.3) is 0 Å². The van der Waals surface area contributed by atoms with E-state index in [-0.39, 0.29) is 147 Å². The summed E-state index contributed by atoms with van der Waals surface area (Å²) in [7, 11) is 7.71. The van der Waals surface area contributed by atoms with Crippen molar-refractivity contribution >= 4 is 131 Å². The van der Waals surface area contributed by atoms with Gasteiger partial charge in [0.1, 0.15) is 67.1 Å². The molecule has 44 heteroatoms. The average Bonchev–Trinajstić information content (AvgIpc) is 0.754.